The number of likely N-dealkylation sites (tertiary alicyclic amines) is 1. The van der Waals surface area contributed by atoms with E-state index in [1.807, 2.05) is 12.3 Å². The molecule has 1 N–H and O–H groups in total. The summed E-state index contributed by atoms with van der Waals surface area (Å²) in [5, 5.41) is 15.4. The molecule has 1 fully saturated rings. The maximum atomic E-state index is 11.9. The molecule has 4 nitrogen and oxygen atoms in total. The number of rotatable bonds is 4. The molecule has 5 rings (SSSR count). The lowest BCUT2D eigenvalue weighted by Crippen LogP contribution is -2.39. The van der Waals surface area contributed by atoms with Crippen LogP contribution in [0, 0.1) is 0 Å². The molecule has 2 aromatic carbocycles. The Balaban J connectivity index is 1.71. The van der Waals surface area contributed by atoms with Crippen molar-refractivity contribution in [2.45, 2.75) is 24.9 Å². The minimum atomic E-state index is -0.730. The number of hydrogen-bond donors (Lipinski definition) is 1. The lowest BCUT2D eigenvalue weighted by atomic mass is 9.94. The van der Waals surface area contributed by atoms with Gasteiger partial charge in [-0.3, -0.25) is 14.7 Å². The van der Waals surface area contributed by atoms with Crippen LogP contribution in [0.4, 0.5) is 0 Å². The van der Waals surface area contributed by atoms with Crippen LogP contribution in [0.3, 0.4) is 0 Å². The van der Waals surface area contributed by atoms with Crippen molar-refractivity contribution in [1.82, 2.24) is 9.88 Å². The van der Waals surface area contributed by atoms with Gasteiger partial charge in [0.1, 0.15) is 6.04 Å². The molecule has 1 saturated heterocycles. The summed E-state index contributed by atoms with van der Waals surface area (Å²) >= 11 is 1.72. The number of benzene rings is 2. The van der Waals surface area contributed by atoms with E-state index in [0.29, 0.717) is 6.42 Å². The summed E-state index contributed by atoms with van der Waals surface area (Å²) in [7, 11) is 0. The predicted molar refractivity (Wildman–Crippen MR) is 113 cm³/mol. The van der Waals surface area contributed by atoms with Crippen LogP contribution in [-0.4, -0.2) is 33.5 Å². The fourth-order valence-corrected chi connectivity index (χ4v) is 5.37. The normalized spacial score (nSPS) is 18.6. The van der Waals surface area contributed by atoms with E-state index < -0.39 is 12.0 Å². The summed E-state index contributed by atoms with van der Waals surface area (Å²) in [5.41, 5.74) is 2.33. The molecule has 0 radical (unpaired) electrons. The Bertz CT molecular complexity index is 1170. The van der Waals surface area contributed by atoms with Crippen molar-refractivity contribution in [2.75, 3.05) is 6.54 Å². The molecule has 3 heterocycles. The number of aromatic nitrogens is 1. The zero-order valence-corrected chi connectivity index (χ0v) is 16.1. The molecule has 2 unspecified atom stereocenters. The molecule has 28 heavy (non-hydrogen) atoms. The number of hydrogen-bond acceptors (Lipinski definition) is 4. The van der Waals surface area contributed by atoms with Gasteiger partial charge in [0.05, 0.1) is 6.04 Å². The minimum absolute atomic E-state index is 0.0719. The SMILES string of the molecule is O=C(O)C1CCCN1C(c1ccc2cnccc2c1)c1csc2ccccc12. The van der Waals surface area contributed by atoms with Gasteiger partial charge in [-0.05, 0) is 58.3 Å². The van der Waals surface area contributed by atoms with Gasteiger partial charge in [0, 0.05) is 29.0 Å². The number of carboxylic acid groups (broad SMARTS) is 1. The smallest absolute Gasteiger partial charge is 0.320 e. The van der Waals surface area contributed by atoms with Crippen molar-refractivity contribution < 1.29 is 9.90 Å². The molecule has 5 heteroatoms. The third kappa shape index (κ3) is 2.87. The number of carbonyl (C=O) groups is 1. The number of carboxylic acids is 1. The zero-order valence-electron chi connectivity index (χ0n) is 15.3. The predicted octanol–water partition coefficient (Wildman–Crippen LogP) is 5.09. The largest absolute Gasteiger partial charge is 0.480 e. The summed E-state index contributed by atoms with van der Waals surface area (Å²) < 4.78 is 1.23. The first-order valence-electron chi connectivity index (χ1n) is 9.51. The summed E-state index contributed by atoms with van der Waals surface area (Å²) in [6.07, 6.45) is 5.28. The molecular weight excluding hydrogens is 368 g/mol. The van der Waals surface area contributed by atoms with Gasteiger partial charge in [0.15, 0.2) is 0 Å². The second kappa shape index (κ2) is 7.00. The third-order valence-electron chi connectivity index (χ3n) is 5.70. The van der Waals surface area contributed by atoms with Crippen LogP contribution < -0.4 is 0 Å². The van der Waals surface area contributed by atoms with Crippen LogP contribution in [0.15, 0.2) is 66.3 Å². The van der Waals surface area contributed by atoms with Gasteiger partial charge in [-0.1, -0.05) is 30.3 Å². The van der Waals surface area contributed by atoms with Gasteiger partial charge in [-0.25, -0.2) is 0 Å². The van der Waals surface area contributed by atoms with E-state index in [1.165, 1.54) is 15.6 Å². The monoisotopic (exact) mass is 388 g/mol. The third-order valence-corrected chi connectivity index (χ3v) is 6.68. The van der Waals surface area contributed by atoms with E-state index in [9.17, 15) is 9.90 Å². The number of nitrogens with zero attached hydrogens (tertiary/aromatic N) is 2. The van der Waals surface area contributed by atoms with Gasteiger partial charge in [0.2, 0.25) is 0 Å². The molecule has 2 atom stereocenters. The van der Waals surface area contributed by atoms with Crippen LogP contribution in [0.5, 0.6) is 0 Å². The van der Waals surface area contributed by atoms with E-state index in [1.54, 1.807) is 17.5 Å². The molecule has 140 valence electrons. The standard InChI is InChI=1S/C23H20N2O2S/c26-23(27)20-5-3-11-25(20)22(19-14-28-21-6-2-1-4-18(19)21)16-7-8-17-13-24-10-9-15(17)12-16/h1-2,4,6-10,12-14,20,22H,3,5,11H2,(H,26,27). The minimum Gasteiger partial charge on any atom is -0.480 e. The van der Waals surface area contributed by atoms with Crippen LogP contribution in [0.1, 0.15) is 30.0 Å². The zero-order chi connectivity index (χ0) is 19.1. The van der Waals surface area contributed by atoms with E-state index in [4.69, 9.17) is 0 Å². The fourth-order valence-electron chi connectivity index (χ4n) is 4.39. The molecule has 0 aliphatic carbocycles. The number of thiophene rings is 1. The molecule has 0 amide bonds. The molecular formula is C23H20N2O2S. The van der Waals surface area contributed by atoms with Gasteiger partial charge in [0.25, 0.3) is 0 Å². The van der Waals surface area contributed by atoms with E-state index in [-0.39, 0.29) is 6.04 Å². The lowest BCUT2D eigenvalue weighted by Gasteiger charge is -2.32. The Morgan fingerprint density at radius 3 is 2.96 bits per heavy atom. The van der Waals surface area contributed by atoms with E-state index >= 15 is 0 Å². The highest BCUT2D eigenvalue weighted by Gasteiger charge is 2.37. The second-order valence-electron chi connectivity index (χ2n) is 7.31. The molecule has 1 aliphatic rings. The fraction of sp³-hybridized carbons (Fsp3) is 0.217. The maximum absolute atomic E-state index is 11.9. The highest BCUT2D eigenvalue weighted by molar-refractivity contribution is 7.17. The molecule has 0 bridgehead atoms. The van der Waals surface area contributed by atoms with Crippen LogP contribution in [0.2, 0.25) is 0 Å². The second-order valence-corrected chi connectivity index (χ2v) is 8.22. The summed E-state index contributed by atoms with van der Waals surface area (Å²) in [4.78, 5) is 18.3. The van der Waals surface area contributed by atoms with Crippen molar-refractivity contribution in [3.8, 4) is 0 Å². The van der Waals surface area contributed by atoms with Gasteiger partial charge >= 0.3 is 5.97 Å². The van der Waals surface area contributed by atoms with Crippen molar-refractivity contribution >= 4 is 38.2 Å². The Morgan fingerprint density at radius 1 is 1.18 bits per heavy atom. The highest BCUT2D eigenvalue weighted by Crippen LogP contribution is 2.41. The van der Waals surface area contributed by atoms with Crippen molar-refractivity contribution in [1.29, 1.82) is 0 Å². The van der Waals surface area contributed by atoms with Crippen LogP contribution in [0.25, 0.3) is 20.9 Å². The average Bonchev–Trinajstić information content (AvgIpc) is 3.36. The van der Waals surface area contributed by atoms with Crippen molar-refractivity contribution in [2.24, 2.45) is 0 Å². The summed E-state index contributed by atoms with van der Waals surface area (Å²) in [6.45, 7) is 0.792. The number of aliphatic carboxylic acids is 1. The number of pyridine rings is 1. The summed E-state index contributed by atoms with van der Waals surface area (Å²) in [5.74, 6) is -0.730. The Labute approximate surface area is 167 Å². The number of fused-ring (bicyclic) bond motifs is 2. The molecule has 2 aromatic heterocycles. The van der Waals surface area contributed by atoms with Crippen LogP contribution >= 0.6 is 11.3 Å². The first kappa shape index (κ1) is 17.3. The van der Waals surface area contributed by atoms with Gasteiger partial charge < -0.3 is 5.11 Å². The molecule has 0 spiro atoms. The molecule has 4 aromatic rings. The topological polar surface area (TPSA) is 53.4 Å². The molecule has 1 aliphatic heterocycles. The van der Waals surface area contributed by atoms with E-state index in [0.717, 1.165) is 29.3 Å². The maximum Gasteiger partial charge on any atom is 0.320 e. The van der Waals surface area contributed by atoms with E-state index in [2.05, 4.69) is 57.7 Å². The van der Waals surface area contributed by atoms with Gasteiger partial charge in [-0.2, -0.15) is 0 Å². The molecule has 0 saturated carbocycles. The van der Waals surface area contributed by atoms with Crippen LogP contribution in [-0.2, 0) is 4.79 Å². The quantitative estimate of drug-likeness (QED) is 0.529. The Hall–Kier alpha value is -2.76. The van der Waals surface area contributed by atoms with Crippen molar-refractivity contribution in [3.05, 3.63) is 77.4 Å². The first-order chi connectivity index (χ1) is 13.7. The van der Waals surface area contributed by atoms with Crippen molar-refractivity contribution in [3.63, 3.8) is 0 Å². The summed E-state index contributed by atoms with van der Waals surface area (Å²) in [6, 6.07) is 16.3. The Morgan fingerprint density at radius 2 is 2.07 bits per heavy atom. The lowest BCUT2D eigenvalue weighted by molar-refractivity contribution is -0.142. The average molecular weight is 388 g/mol. The first-order valence-corrected chi connectivity index (χ1v) is 10.4. The Kier molecular flexibility index (Phi) is 4.34. The highest BCUT2D eigenvalue weighted by atomic mass is 32.1. The van der Waals surface area contributed by atoms with Gasteiger partial charge in [-0.15, -0.1) is 11.3 Å².